The van der Waals surface area contributed by atoms with Crippen LogP contribution in [0.2, 0.25) is 0 Å². The van der Waals surface area contributed by atoms with E-state index in [0.717, 1.165) is 72.5 Å². The van der Waals surface area contributed by atoms with E-state index >= 15 is 0 Å². The summed E-state index contributed by atoms with van der Waals surface area (Å²) in [4.78, 5) is 10.2. The Hall–Kier alpha value is -2.35. The average Bonchev–Trinajstić information content (AvgIpc) is 3.37. The Balaban J connectivity index is 1.23. The third-order valence-corrected chi connectivity index (χ3v) is 6.94. The first-order valence-corrected chi connectivity index (χ1v) is 11.3. The predicted octanol–water partition coefficient (Wildman–Crippen LogP) is 4.79. The van der Waals surface area contributed by atoms with Gasteiger partial charge < -0.3 is 15.4 Å². The van der Waals surface area contributed by atoms with Gasteiger partial charge in [-0.1, -0.05) is 29.5 Å². The first kappa shape index (κ1) is 19.6. The van der Waals surface area contributed by atoms with Crippen LogP contribution in [0.3, 0.4) is 0 Å². The van der Waals surface area contributed by atoms with E-state index in [0.29, 0.717) is 5.92 Å². The van der Waals surface area contributed by atoms with Gasteiger partial charge in [-0.3, -0.25) is 0 Å². The molecule has 0 bridgehead atoms. The molecule has 1 atom stereocenters. The molecule has 156 valence electrons. The number of piperidine rings is 1. The van der Waals surface area contributed by atoms with Gasteiger partial charge in [0.05, 0.1) is 17.1 Å². The lowest BCUT2D eigenvalue weighted by molar-refractivity contribution is -0.0196. The number of hydrogen-bond acceptors (Lipinski definition) is 6. The topological polar surface area (TPSA) is 59.1 Å². The first-order chi connectivity index (χ1) is 14.7. The molecule has 2 aromatic heterocycles. The molecule has 0 aliphatic carbocycles. The summed E-state index contributed by atoms with van der Waals surface area (Å²) in [6, 6.07) is 12.6. The van der Waals surface area contributed by atoms with Gasteiger partial charge in [0.2, 0.25) is 0 Å². The summed E-state index contributed by atoms with van der Waals surface area (Å²) in [5.41, 5.74) is 2.12. The lowest BCUT2D eigenvalue weighted by Crippen LogP contribution is -2.41. The van der Waals surface area contributed by atoms with Gasteiger partial charge in [0.15, 0.2) is 5.13 Å². The van der Waals surface area contributed by atoms with E-state index in [1.807, 2.05) is 12.1 Å². The molecule has 5 rings (SSSR count). The largest absolute Gasteiger partial charge is 0.375 e. The SMILES string of the molecule is Fc1ccc(-c2cnc(Nc3cccc(C[C@H]4COC5(CCNCC5)C4)n3)s2)cc1. The minimum Gasteiger partial charge on any atom is -0.375 e. The van der Waals surface area contributed by atoms with Crippen molar-refractivity contribution in [2.75, 3.05) is 25.0 Å². The molecule has 0 unspecified atom stereocenters. The number of nitrogens with one attached hydrogen (secondary N) is 2. The van der Waals surface area contributed by atoms with Crippen molar-refractivity contribution < 1.29 is 9.13 Å². The lowest BCUT2D eigenvalue weighted by atomic mass is 9.85. The summed E-state index contributed by atoms with van der Waals surface area (Å²) in [7, 11) is 0. The molecular formula is C23H25FN4OS. The molecule has 0 saturated carbocycles. The molecule has 1 aromatic carbocycles. The summed E-state index contributed by atoms with van der Waals surface area (Å²) in [5, 5.41) is 7.51. The predicted molar refractivity (Wildman–Crippen MR) is 118 cm³/mol. The van der Waals surface area contributed by atoms with Crippen molar-refractivity contribution in [3.05, 3.63) is 60.2 Å². The number of pyridine rings is 1. The molecule has 0 amide bonds. The molecule has 4 heterocycles. The number of halogens is 1. The Labute approximate surface area is 179 Å². The van der Waals surface area contributed by atoms with Crippen molar-refractivity contribution in [3.63, 3.8) is 0 Å². The van der Waals surface area contributed by atoms with Crippen LogP contribution in [0.15, 0.2) is 48.7 Å². The molecular weight excluding hydrogens is 399 g/mol. The van der Waals surface area contributed by atoms with Crippen LogP contribution < -0.4 is 10.6 Å². The fourth-order valence-electron chi connectivity index (χ4n) is 4.45. The second-order valence-electron chi connectivity index (χ2n) is 8.19. The highest BCUT2D eigenvalue weighted by molar-refractivity contribution is 7.18. The van der Waals surface area contributed by atoms with Gasteiger partial charge in [0.1, 0.15) is 11.6 Å². The lowest BCUT2D eigenvalue weighted by Gasteiger charge is -2.33. The molecule has 2 N–H and O–H groups in total. The van der Waals surface area contributed by atoms with Crippen LogP contribution in [0.5, 0.6) is 0 Å². The standard InChI is InChI=1S/C23H25FN4OS/c24-18-6-4-17(5-7-18)20-14-26-22(30-20)28-21-3-1-2-19(27-21)12-16-13-23(29-15-16)8-10-25-11-9-23/h1-7,14,16,25H,8-13,15H2,(H,26,27,28)/t16-/m1/s1. The fourth-order valence-corrected chi connectivity index (χ4v) is 5.28. The Morgan fingerprint density at radius 1 is 1.17 bits per heavy atom. The van der Waals surface area contributed by atoms with Crippen LogP contribution in [0.1, 0.15) is 25.0 Å². The number of aromatic nitrogens is 2. The smallest absolute Gasteiger partial charge is 0.188 e. The molecule has 7 heteroatoms. The van der Waals surface area contributed by atoms with Crippen molar-refractivity contribution in [2.24, 2.45) is 5.92 Å². The molecule has 2 fully saturated rings. The Morgan fingerprint density at radius 3 is 2.83 bits per heavy atom. The van der Waals surface area contributed by atoms with Crippen molar-refractivity contribution in [1.82, 2.24) is 15.3 Å². The van der Waals surface area contributed by atoms with Gasteiger partial charge in [0, 0.05) is 11.9 Å². The summed E-state index contributed by atoms with van der Waals surface area (Å²) < 4.78 is 19.4. The minimum atomic E-state index is -0.235. The van der Waals surface area contributed by atoms with E-state index in [-0.39, 0.29) is 11.4 Å². The molecule has 5 nitrogen and oxygen atoms in total. The first-order valence-electron chi connectivity index (χ1n) is 10.5. The van der Waals surface area contributed by atoms with Crippen molar-refractivity contribution in [1.29, 1.82) is 0 Å². The highest BCUT2D eigenvalue weighted by atomic mass is 32.1. The third kappa shape index (κ3) is 4.38. The van der Waals surface area contributed by atoms with Crippen molar-refractivity contribution in [3.8, 4) is 10.4 Å². The highest BCUT2D eigenvalue weighted by Crippen LogP contribution is 2.38. The monoisotopic (exact) mass is 424 g/mol. The van der Waals surface area contributed by atoms with Crippen LogP contribution in [-0.4, -0.2) is 35.3 Å². The molecule has 2 saturated heterocycles. The number of nitrogens with zero attached hydrogens (tertiary/aromatic N) is 2. The molecule has 2 aliphatic heterocycles. The Bertz CT molecular complexity index is 1000. The molecule has 3 aromatic rings. The quantitative estimate of drug-likeness (QED) is 0.617. The van der Waals surface area contributed by atoms with E-state index in [1.54, 1.807) is 18.3 Å². The number of ether oxygens (including phenoxy) is 1. The zero-order valence-corrected chi connectivity index (χ0v) is 17.6. The number of rotatable bonds is 5. The van der Waals surface area contributed by atoms with Crippen LogP contribution in [0.4, 0.5) is 15.3 Å². The number of hydrogen-bond donors (Lipinski definition) is 2. The Morgan fingerprint density at radius 2 is 2.00 bits per heavy atom. The van der Waals surface area contributed by atoms with Gasteiger partial charge in [0.25, 0.3) is 0 Å². The van der Waals surface area contributed by atoms with Gasteiger partial charge in [-0.25, -0.2) is 14.4 Å². The van der Waals surface area contributed by atoms with Crippen molar-refractivity contribution >= 4 is 22.3 Å². The molecule has 30 heavy (non-hydrogen) atoms. The van der Waals surface area contributed by atoms with E-state index in [2.05, 4.69) is 21.7 Å². The molecule has 1 spiro atoms. The van der Waals surface area contributed by atoms with Crippen LogP contribution in [0, 0.1) is 11.7 Å². The van der Waals surface area contributed by atoms with Crippen LogP contribution in [0.25, 0.3) is 10.4 Å². The fraction of sp³-hybridized carbons (Fsp3) is 0.391. The summed E-state index contributed by atoms with van der Waals surface area (Å²) in [6.07, 6.45) is 6.08. The maximum atomic E-state index is 13.1. The summed E-state index contributed by atoms with van der Waals surface area (Å²) in [6.45, 7) is 2.93. The third-order valence-electron chi connectivity index (χ3n) is 5.97. The van der Waals surface area contributed by atoms with Crippen LogP contribution in [-0.2, 0) is 11.2 Å². The van der Waals surface area contributed by atoms with Crippen molar-refractivity contribution in [2.45, 2.75) is 31.3 Å². The maximum Gasteiger partial charge on any atom is 0.188 e. The van der Waals surface area contributed by atoms with Gasteiger partial charge in [-0.2, -0.15) is 0 Å². The zero-order valence-electron chi connectivity index (χ0n) is 16.7. The molecule has 0 radical (unpaired) electrons. The van der Waals surface area contributed by atoms with E-state index in [1.165, 1.54) is 23.5 Å². The van der Waals surface area contributed by atoms with E-state index in [4.69, 9.17) is 9.72 Å². The maximum absolute atomic E-state index is 13.1. The van der Waals surface area contributed by atoms with Gasteiger partial charge in [-0.05, 0) is 74.5 Å². The zero-order chi connectivity index (χ0) is 20.4. The average molecular weight is 425 g/mol. The number of anilines is 2. The van der Waals surface area contributed by atoms with E-state index in [9.17, 15) is 4.39 Å². The van der Waals surface area contributed by atoms with E-state index < -0.39 is 0 Å². The van der Waals surface area contributed by atoms with Gasteiger partial charge in [-0.15, -0.1) is 0 Å². The Kier molecular flexibility index (Phi) is 5.50. The normalized spacial score (nSPS) is 20.5. The second kappa shape index (κ2) is 8.41. The summed E-state index contributed by atoms with van der Waals surface area (Å²) in [5.74, 6) is 1.08. The molecule has 2 aliphatic rings. The second-order valence-corrected chi connectivity index (χ2v) is 9.22. The van der Waals surface area contributed by atoms with Crippen LogP contribution >= 0.6 is 11.3 Å². The summed E-state index contributed by atoms with van der Waals surface area (Å²) >= 11 is 1.53. The number of thiazole rings is 1. The minimum absolute atomic E-state index is 0.0867. The van der Waals surface area contributed by atoms with Gasteiger partial charge >= 0.3 is 0 Å². The highest BCUT2D eigenvalue weighted by Gasteiger charge is 2.41. The number of benzene rings is 1.